The first kappa shape index (κ1) is 12.7. The van der Waals surface area contributed by atoms with Crippen molar-refractivity contribution < 1.29 is 9.90 Å². The van der Waals surface area contributed by atoms with Crippen molar-refractivity contribution in [2.24, 2.45) is 4.99 Å². The molecule has 0 atom stereocenters. The predicted molar refractivity (Wildman–Crippen MR) is 58.4 cm³/mol. The van der Waals surface area contributed by atoms with Crippen LogP contribution in [0.4, 0.5) is 0 Å². The standard InChI is InChI=1S/C10H11NO2.ClH/c1-2-11-9(10(12)13)8-6-4-3-5-7-8;/h3-7H,2H2,1H3,(H,12,13);1H. The molecular weight excluding hydrogens is 202 g/mol. The van der Waals surface area contributed by atoms with Crippen molar-refractivity contribution >= 4 is 24.1 Å². The average Bonchev–Trinajstić information content (AvgIpc) is 2.15. The molecule has 0 saturated heterocycles. The third kappa shape index (κ3) is 3.18. The first-order valence-corrected chi connectivity index (χ1v) is 4.09. The highest BCUT2D eigenvalue weighted by Crippen LogP contribution is 2.01. The molecule has 1 aromatic rings. The number of aliphatic imine (C=N–C) groups is 1. The molecule has 1 rings (SSSR count). The minimum atomic E-state index is -0.979. The van der Waals surface area contributed by atoms with Crippen LogP contribution in [0, 0.1) is 0 Å². The van der Waals surface area contributed by atoms with Gasteiger partial charge in [-0.3, -0.25) is 4.99 Å². The Balaban J connectivity index is 0.00000169. The number of aliphatic carboxylic acids is 1. The Bertz CT molecular complexity index is 322. The Morgan fingerprint density at radius 3 is 2.36 bits per heavy atom. The van der Waals surface area contributed by atoms with Gasteiger partial charge < -0.3 is 5.11 Å². The van der Waals surface area contributed by atoms with Gasteiger partial charge in [0, 0.05) is 12.1 Å². The van der Waals surface area contributed by atoms with Crippen LogP contribution in [0.15, 0.2) is 35.3 Å². The molecule has 0 spiro atoms. The summed E-state index contributed by atoms with van der Waals surface area (Å²) in [6, 6.07) is 8.91. The van der Waals surface area contributed by atoms with Crippen LogP contribution in [-0.2, 0) is 4.79 Å². The zero-order valence-electron chi connectivity index (χ0n) is 7.80. The Labute approximate surface area is 88.9 Å². The van der Waals surface area contributed by atoms with Gasteiger partial charge in [0.2, 0.25) is 0 Å². The van der Waals surface area contributed by atoms with Gasteiger partial charge in [0.15, 0.2) is 0 Å². The van der Waals surface area contributed by atoms with Gasteiger partial charge in [-0.25, -0.2) is 4.79 Å². The van der Waals surface area contributed by atoms with Crippen LogP contribution < -0.4 is 0 Å². The van der Waals surface area contributed by atoms with Crippen LogP contribution in [0.1, 0.15) is 12.5 Å². The first-order valence-electron chi connectivity index (χ1n) is 4.09. The molecule has 3 nitrogen and oxygen atoms in total. The summed E-state index contributed by atoms with van der Waals surface area (Å²) in [5.41, 5.74) is 0.778. The summed E-state index contributed by atoms with van der Waals surface area (Å²) in [7, 11) is 0. The highest BCUT2D eigenvalue weighted by Gasteiger charge is 2.10. The van der Waals surface area contributed by atoms with Gasteiger partial charge in [-0.05, 0) is 6.92 Å². The summed E-state index contributed by atoms with van der Waals surface area (Å²) in [5, 5.41) is 8.83. The molecule has 0 aliphatic rings. The van der Waals surface area contributed by atoms with E-state index in [1.807, 2.05) is 13.0 Å². The molecule has 0 heterocycles. The summed E-state index contributed by atoms with van der Waals surface area (Å²) in [4.78, 5) is 14.7. The molecule has 0 saturated carbocycles. The Morgan fingerprint density at radius 2 is 1.93 bits per heavy atom. The molecule has 0 aromatic heterocycles. The molecule has 0 aliphatic carbocycles. The molecule has 76 valence electrons. The Hall–Kier alpha value is -1.35. The molecule has 0 fully saturated rings. The van der Waals surface area contributed by atoms with Crippen molar-refractivity contribution in [1.29, 1.82) is 0 Å². The van der Waals surface area contributed by atoms with E-state index < -0.39 is 5.97 Å². The number of rotatable bonds is 3. The number of carbonyl (C=O) groups is 1. The highest BCUT2D eigenvalue weighted by molar-refractivity contribution is 6.42. The Kier molecular flexibility index (Phi) is 5.56. The van der Waals surface area contributed by atoms with Crippen molar-refractivity contribution in [3.8, 4) is 0 Å². The molecule has 1 aromatic carbocycles. The number of carboxylic acid groups (broad SMARTS) is 1. The lowest BCUT2D eigenvalue weighted by Crippen LogP contribution is -2.14. The van der Waals surface area contributed by atoms with Gasteiger partial charge in [0.05, 0.1) is 0 Å². The number of benzene rings is 1. The van der Waals surface area contributed by atoms with Crippen LogP contribution >= 0.6 is 12.4 Å². The van der Waals surface area contributed by atoms with Crippen molar-refractivity contribution in [3.05, 3.63) is 35.9 Å². The fourth-order valence-electron chi connectivity index (χ4n) is 1.04. The van der Waals surface area contributed by atoms with Crippen molar-refractivity contribution in [3.63, 3.8) is 0 Å². The first-order chi connectivity index (χ1) is 6.25. The normalized spacial score (nSPS) is 10.5. The fourth-order valence-corrected chi connectivity index (χ4v) is 1.04. The quantitative estimate of drug-likeness (QED) is 0.781. The molecule has 1 N–H and O–H groups in total. The molecule has 0 radical (unpaired) electrons. The number of hydrogen-bond acceptors (Lipinski definition) is 2. The van der Waals surface area contributed by atoms with E-state index in [2.05, 4.69) is 4.99 Å². The van der Waals surface area contributed by atoms with E-state index >= 15 is 0 Å². The van der Waals surface area contributed by atoms with E-state index in [-0.39, 0.29) is 18.1 Å². The minimum Gasteiger partial charge on any atom is -0.477 e. The van der Waals surface area contributed by atoms with E-state index in [0.717, 1.165) is 0 Å². The van der Waals surface area contributed by atoms with Gasteiger partial charge in [-0.1, -0.05) is 30.3 Å². The van der Waals surface area contributed by atoms with E-state index in [9.17, 15) is 4.79 Å². The van der Waals surface area contributed by atoms with Crippen LogP contribution in [0.5, 0.6) is 0 Å². The van der Waals surface area contributed by atoms with Crippen LogP contribution in [0.3, 0.4) is 0 Å². The number of nitrogens with zero attached hydrogens (tertiary/aromatic N) is 1. The van der Waals surface area contributed by atoms with E-state index in [0.29, 0.717) is 12.1 Å². The topological polar surface area (TPSA) is 49.7 Å². The second kappa shape index (κ2) is 6.16. The third-order valence-corrected chi connectivity index (χ3v) is 1.57. The van der Waals surface area contributed by atoms with Gasteiger partial charge in [0.1, 0.15) is 5.71 Å². The summed E-state index contributed by atoms with van der Waals surface area (Å²) >= 11 is 0. The summed E-state index contributed by atoms with van der Waals surface area (Å²) in [6.45, 7) is 2.29. The SMILES string of the molecule is CCN=C(C(=O)O)c1ccccc1.Cl. The molecule has 4 heteroatoms. The monoisotopic (exact) mass is 213 g/mol. The lowest BCUT2D eigenvalue weighted by molar-refractivity contribution is -0.129. The van der Waals surface area contributed by atoms with Crippen molar-refractivity contribution in [2.75, 3.05) is 6.54 Å². The fraction of sp³-hybridized carbons (Fsp3) is 0.200. The molecular formula is C10H12ClNO2. The summed E-state index contributed by atoms with van der Waals surface area (Å²) in [5.74, 6) is -0.979. The summed E-state index contributed by atoms with van der Waals surface area (Å²) < 4.78 is 0. The van der Waals surface area contributed by atoms with Gasteiger partial charge in [-0.2, -0.15) is 0 Å². The predicted octanol–water partition coefficient (Wildman–Crippen LogP) is 2.00. The number of hydrogen-bond donors (Lipinski definition) is 1. The highest BCUT2D eigenvalue weighted by atomic mass is 35.5. The number of halogens is 1. The Morgan fingerprint density at radius 1 is 1.36 bits per heavy atom. The average molecular weight is 214 g/mol. The van der Waals surface area contributed by atoms with E-state index in [4.69, 9.17) is 5.11 Å². The van der Waals surface area contributed by atoms with Crippen LogP contribution in [0.25, 0.3) is 0 Å². The minimum absolute atomic E-state index is 0. The lowest BCUT2D eigenvalue weighted by atomic mass is 10.1. The van der Waals surface area contributed by atoms with Crippen LogP contribution in [0.2, 0.25) is 0 Å². The smallest absolute Gasteiger partial charge is 0.354 e. The maximum absolute atomic E-state index is 10.8. The second-order valence-electron chi connectivity index (χ2n) is 2.49. The maximum Gasteiger partial charge on any atom is 0.354 e. The molecule has 14 heavy (non-hydrogen) atoms. The summed E-state index contributed by atoms with van der Waals surface area (Å²) in [6.07, 6.45) is 0. The number of carboxylic acids is 1. The zero-order chi connectivity index (χ0) is 9.68. The largest absolute Gasteiger partial charge is 0.477 e. The van der Waals surface area contributed by atoms with Crippen molar-refractivity contribution in [1.82, 2.24) is 0 Å². The third-order valence-electron chi connectivity index (χ3n) is 1.57. The second-order valence-corrected chi connectivity index (χ2v) is 2.49. The van der Waals surface area contributed by atoms with Gasteiger partial charge in [-0.15, -0.1) is 12.4 Å². The van der Waals surface area contributed by atoms with Gasteiger partial charge >= 0.3 is 5.97 Å². The zero-order valence-corrected chi connectivity index (χ0v) is 8.62. The molecule has 0 amide bonds. The van der Waals surface area contributed by atoms with Crippen molar-refractivity contribution in [2.45, 2.75) is 6.92 Å². The maximum atomic E-state index is 10.8. The van der Waals surface area contributed by atoms with E-state index in [1.165, 1.54) is 0 Å². The van der Waals surface area contributed by atoms with E-state index in [1.54, 1.807) is 24.3 Å². The van der Waals surface area contributed by atoms with Gasteiger partial charge in [0.25, 0.3) is 0 Å². The molecule has 0 bridgehead atoms. The molecule has 0 unspecified atom stereocenters. The van der Waals surface area contributed by atoms with Crippen LogP contribution in [-0.4, -0.2) is 23.3 Å². The molecule has 0 aliphatic heterocycles. The lowest BCUT2D eigenvalue weighted by Gasteiger charge is -1.99.